The van der Waals surface area contributed by atoms with Crippen molar-refractivity contribution in [2.75, 3.05) is 39.3 Å². The second-order valence-corrected chi connectivity index (χ2v) is 10.2. The van der Waals surface area contributed by atoms with Crippen LogP contribution in [0.15, 0.2) is 11.3 Å². The van der Waals surface area contributed by atoms with Gasteiger partial charge in [0.15, 0.2) is 17.9 Å². The Kier molecular flexibility index (Phi) is 19.3. The van der Waals surface area contributed by atoms with Crippen molar-refractivity contribution in [1.82, 2.24) is 25.5 Å². The number of primary amides is 1. The third-order valence-corrected chi connectivity index (χ3v) is 6.58. The lowest BCUT2D eigenvalue weighted by Crippen LogP contribution is -2.46. The van der Waals surface area contributed by atoms with E-state index in [1.807, 2.05) is 0 Å². The Morgan fingerprint density at radius 1 is 1.00 bits per heavy atom. The fourth-order valence-corrected chi connectivity index (χ4v) is 4.11. The molecule has 1 saturated heterocycles. The first-order chi connectivity index (χ1) is 21.4. The molecule has 19 nitrogen and oxygen atoms in total. The summed E-state index contributed by atoms with van der Waals surface area (Å²) in [6.45, 7) is 2.97. The maximum Gasteiger partial charge on any atom is 0.272 e. The lowest BCUT2D eigenvalue weighted by molar-refractivity contribution is -0.136. The molecule has 0 spiro atoms. The van der Waals surface area contributed by atoms with Crippen LogP contribution in [0.4, 0.5) is 0 Å². The maximum absolute atomic E-state index is 11.7. The molecule has 2 rings (SSSR count). The standard InChI is InChI=1S/C17H37N7O3.C9H13N3O6/c18-9-7-11-21-10-5-6-12-22-15(26)16(27)24-14(25)8-3-1-2-4-13-23-17(19)20;10-7(16)4-8(17)12(2-11-4)9-6(15)5(14)3(1-13)18-9/h16,21,27H,1-13,18H2,(H,22,26)(H,24,25)(H4,19,20,23);2-3,5-6,9,13-15,17H,1H2,(H2,10,16)/t;3-,5-,6-,9-/m.1/s1. The molecule has 5 atom stereocenters. The maximum atomic E-state index is 11.7. The minimum absolute atomic E-state index is 0.0841. The van der Waals surface area contributed by atoms with Gasteiger partial charge in [0, 0.05) is 19.5 Å². The minimum Gasteiger partial charge on any atom is -0.493 e. The van der Waals surface area contributed by atoms with Gasteiger partial charge in [-0.2, -0.15) is 0 Å². The number of unbranched alkanes of at least 4 members (excludes halogenated alkanes) is 4. The number of aliphatic imine (C=N–C) groups is 1. The van der Waals surface area contributed by atoms with Crippen molar-refractivity contribution in [2.45, 2.75) is 82.1 Å². The number of hydrogen-bond donors (Lipinski definition) is 12. The van der Waals surface area contributed by atoms with Gasteiger partial charge in [0.1, 0.15) is 24.6 Å². The number of aromatic hydroxyl groups is 1. The number of nitrogens with zero attached hydrogens (tertiary/aromatic N) is 3. The summed E-state index contributed by atoms with van der Waals surface area (Å²) in [6, 6.07) is 0. The number of amides is 3. The second kappa shape index (κ2) is 22.0. The first kappa shape index (κ1) is 39.4. The van der Waals surface area contributed by atoms with Gasteiger partial charge in [0.05, 0.1) is 6.61 Å². The zero-order chi connectivity index (χ0) is 33.8. The van der Waals surface area contributed by atoms with Crippen molar-refractivity contribution in [2.24, 2.45) is 27.9 Å². The molecule has 0 radical (unpaired) electrons. The van der Waals surface area contributed by atoms with Crippen LogP contribution in [0.5, 0.6) is 5.88 Å². The van der Waals surface area contributed by atoms with Crippen molar-refractivity contribution >= 4 is 23.7 Å². The summed E-state index contributed by atoms with van der Waals surface area (Å²) >= 11 is 0. The molecule has 0 aromatic carbocycles. The fraction of sp³-hybridized carbons (Fsp3) is 0.731. The quantitative estimate of drug-likeness (QED) is 0.0276. The Morgan fingerprint density at radius 2 is 1.67 bits per heavy atom. The Labute approximate surface area is 261 Å². The number of carbonyl (C=O) groups excluding carboxylic acids is 3. The van der Waals surface area contributed by atoms with E-state index in [-0.39, 0.29) is 24.0 Å². The summed E-state index contributed by atoms with van der Waals surface area (Å²) in [5, 5.41) is 55.7. The molecular weight excluding hydrogens is 596 g/mol. The summed E-state index contributed by atoms with van der Waals surface area (Å²) in [4.78, 5) is 41.8. The van der Waals surface area contributed by atoms with E-state index in [0.717, 1.165) is 62.5 Å². The van der Waals surface area contributed by atoms with Crippen LogP contribution in [0, 0.1) is 0 Å². The van der Waals surface area contributed by atoms with E-state index in [2.05, 4.69) is 25.9 Å². The monoisotopic (exact) mass is 646 g/mol. The van der Waals surface area contributed by atoms with Crippen LogP contribution >= 0.6 is 0 Å². The Bertz CT molecular complexity index is 1050. The molecule has 1 aromatic rings. The number of nitrogens with one attached hydrogen (secondary N) is 3. The van der Waals surface area contributed by atoms with Crippen molar-refractivity contribution in [3.05, 3.63) is 12.0 Å². The third kappa shape index (κ3) is 14.8. The number of aliphatic hydroxyl groups excluding tert-OH is 4. The molecule has 1 aliphatic heterocycles. The highest BCUT2D eigenvalue weighted by Crippen LogP contribution is 2.32. The van der Waals surface area contributed by atoms with Crippen molar-refractivity contribution in [3.63, 3.8) is 0 Å². The Hall–Kier alpha value is -3.59. The van der Waals surface area contributed by atoms with Gasteiger partial charge < -0.3 is 69.2 Å². The Morgan fingerprint density at radius 3 is 2.27 bits per heavy atom. The van der Waals surface area contributed by atoms with Crippen molar-refractivity contribution in [3.8, 4) is 5.88 Å². The predicted molar refractivity (Wildman–Crippen MR) is 162 cm³/mol. The molecule has 16 N–H and O–H groups in total. The lowest BCUT2D eigenvalue weighted by Gasteiger charge is -2.16. The normalized spacial score (nSPS) is 19.7. The molecule has 1 unspecified atom stereocenters. The molecule has 1 aliphatic rings. The highest BCUT2D eigenvalue weighted by Gasteiger charge is 2.44. The number of guanidine groups is 1. The molecule has 1 fully saturated rings. The first-order valence-corrected chi connectivity index (χ1v) is 14.8. The number of ether oxygens (including phenoxy) is 1. The van der Waals surface area contributed by atoms with E-state index in [0.29, 0.717) is 26.1 Å². The summed E-state index contributed by atoms with van der Waals surface area (Å²) in [5.74, 6) is -2.35. The van der Waals surface area contributed by atoms with Gasteiger partial charge >= 0.3 is 0 Å². The Balaban J connectivity index is 0.000000483. The van der Waals surface area contributed by atoms with Crippen LogP contribution in [0.25, 0.3) is 0 Å². The third-order valence-electron chi connectivity index (χ3n) is 6.58. The molecule has 45 heavy (non-hydrogen) atoms. The smallest absolute Gasteiger partial charge is 0.272 e. The van der Waals surface area contributed by atoms with Crippen LogP contribution in [0.3, 0.4) is 0 Å². The van der Waals surface area contributed by atoms with Gasteiger partial charge in [-0.05, 0) is 51.7 Å². The number of rotatable bonds is 20. The zero-order valence-corrected chi connectivity index (χ0v) is 25.4. The summed E-state index contributed by atoms with van der Waals surface area (Å²) in [7, 11) is 0. The molecule has 0 aliphatic carbocycles. The molecule has 3 amide bonds. The highest BCUT2D eigenvalue weighted by molar-refractivity contribution is 5.93. The molecule has 19 heteroatoms. The number of nitrogens with two attached hydrogens (primary N) is 4. The molecule has 0 saturated carbocycles. The van der Waals surface area contributed by atoms with Crippen LogP contribution in [0.1, 0.15) is 68.1 Å². The first-order valence-electron chi connectivity index (χ1n) is 14.8. The summed E-state index contributed by atoms with van der Waals surface area (Å²) in [6.07, 6.45) is 0.941. The van der Waals surface area contributed by atoms with Gasteiger partial charge in [-0.3, -0.25) is 23.9 Å². The summed E-state index contributed by atoms with van der Waals surface area (Å²) in [5.41, 5.74) is 20.4. The minimum atomic E-state index is -1.51. The molecule has 258 valence electrons. The van der Waals surface area contributed by atoms with Crippen molar-refractivity contribution in [1.29, 1.82) is 0 Å². The van der Waals surface area contributed by atoms with Gasteiger partial charge in [0.25, 0.3) is 11.8 Å². The van der Waals surface area contributed by atoms with Crippen molar-refractivity contribution < 1.29 is 44.7 Å². The number of aliphatic hydroxyl groups is 4. The molecule has 0 bridgehead atoms. The van der Waals surface area contributed by atoms with E-state index in [1.54, 1.807) is 0 Å². The van der Waals surface area contributed by atoms with E-state index >= 15 is 0 Å². The average molecular weight is 647 g/mol. The lowest BCUT2D eigenvalue weighted by atomic mass is 10.1. The van der Waals surface area contributed by atoms with E-state index in [1.165, 1.54) is 0 Å². The second-order valence-electron chi connectivity index (χ2n) is 10.2. The van der Waals surface area contributed by atoms with Gasteiger partial charge in [-0.25, -0.2) is 4.98 Å². The molecule has 2 heterocycles. The zero-order valence-electron chi connectivity index (χ0n) is 25.4. The number of hydrogen-bond acceptors (Lipinski definition) is 13. The van der Waals surface area contributed by atoms with E-state index in [9.17, 15) is 34.8 Å². The van der Waals surface area contributed by atoms with Gasteiger partial charge in [-0.15, -0.1) is 0 Å². The molecular formula is C26H50N10O9. The van der Waals surface area contributed by atoms with Crippen LogP contribution in [-0.4, -0.2) is 123 Å². The number of imidazole rings is 1. The fourth-order valence-electron chi connectivity index (χ4n) is 4.11. The van der Waals surface area contributed by atoms with Crippen LogP contribution in [0.2, 0.25) is 0 Å². The van der Waals surface area contributed by atoms with E-state index < -0.39 is 55.1 Å². The summed E-state index contributed by atoms with van der Waals surface area (Å²) < 4.78 is 6.12. The van der Waals surface area contributed by atoms with Crippen LogP contribution < -0.4 is 38.9 Å². The van der Waals surface area contributed by atoms with Gasteiger partial charge in [-0.1, -0.05) is 12.8 Å². The van der Waals surface area contributed by atoms with E-state index in [4.69, 9.17) is 32.8 Å². The average Bonchev–Trinajstić information content (AvgIpc) is 3.51. The predicted octanol–water partition coefficient (Wildman–Crippen LogP) is -4.22. The van der Waals surface area contributed by atoms with Crippen LogP contribution in [-0.2, 0) is 14.3 Å². The molecule has 1 aromatic heterocycles. The SMILES string of the molecule is NC(=O)c1ncn([C@@H]2O[C@H](CO)[C@@H](O)[C@H]2O)c1O.NCCCNCCCCNC(=O)C(O)NC(=O)CCCCCCN=C(N)N. The largest absolute Gasteiger partial charge is 0.493 e. The number of aromatic nitrogens is 2. The van der Waals surface area contributed by atoms with Gasteiger partial charge in [0.2, 0.25) is 18.0 Å². The topological polar surface area (TPSA) is 332 Å². The number of carbonyl (C=O) groups is 3. The highest BCUT2D eigenvalue weighted by atomic mass is 16.6.